The summed E-state index contributed by atoms with van der Waals surface area (Å²) in [5.41, 5.74) is 5.15. The summed E-state index contributed by atoms with van der Waals surface area (Å²) in [4.78, 5) is 33.5. The number of aromatic nitrogens is 3. The smallest absolute Gasteiger partial charge is 0.339 e. The van der Waals surface area contributed by atoms with Crippen molar-refractivity contribution in [2.24, 2.45) is 5.92 Å². The monoisotopic (exact) mass is 632 g/mol. The number of anilines is 2. The molecule has 1 saturated heterocycles. The number of carbonyl (C=O) groups is 2. The summed E-state index contributed by atoms with van der Waals surface area (Å²) >= 11 is 0. The Labute approximate surface area is 267 Å². The number of nitrogens with one attached hydrogen (secondary N) is 1. The van der Waals surface area contributed by atoms with Crippen LogP contribution in [0.1, 0.15) is 61.4 Å². The Kier molecular flexibility index (Phi) is 10.4. The number of halogens is 3. The van der Waals surface area contributed by atoms with Crippen LogP contribution in [-0.4, -0.2) is 68.6 Å². The maximum Gasteiger partial charge on any atom is 0.389 e. The van der Waals surface area contributed by atoms with Gasteiger partial charge < -0.3 is 15.1 Å². The average Bonchev–Trinajstić information content (AvgIpc) is 3.46. The molecule has 0 saturated carbocycles. The van der Waals surface area contributed by atoms with Gasteiger partial charge in [0.1, 0.15) is 0 Å². The van der Waals surface area contributed by atoms with Crippen LogP contribution in [0.4, 0.5) is 24.8 Å². The number of hydrogen-bond donors (Lipinski definition) is 1. The molecule has 3 aromatic rings. The van der Waals surface area contributed by atoms with E-state index in [1.54, 1.807) is 16.8 Å². The van der Waals surface area contributed by atoms with Crippen molar-refractivity contribution >= 4 is 34.7 Å². The molecular weight excluding hydrogens is 593 g/mol. The van der Waals surface area contributed by atoms with Gasteiger partial charge in [-0.25, -0.2) is 4.52 Å². The van der Waals surface area contributed by atoms with Crippen LogP contribution >= 0.6 is 0 Å². The molecule has 0 spiro atoms. The van der Waals surface area contributed by atoms with E-state index in [1.807, 2.05) is 59.5 Å². The molecule has 0 bridgehead atoms. The molecule has 0 radical (unpaired) electrons. The van der Waals surface area contributed by atoms with Gasteiger partial charge >= 0.3 is 6.18 Å². The Morgan fingerprint density at radius 1 is 1.07 bits per heavy atom. The highest BCUT2D eigenvalue weighted by Gasteiger charge is 2.30. The second-order valence-electron chi connectivity index (χ2n) is 11.8. The number of carbonyl (C=O) groups excluding carboxylic acids is 2. The van der Waals surface area contributed by atoms with E-state index in [0.29, 0.717) is 36.0 Å². The molecule has 0 unspecified atom stereocenters. The molecule has 46 heavy (non-hydrogen) atoms. The highest BCUT2D eigenvalue weighted by molar-refractivity contribution is 5.94. The predicted octanol–water partition coefficient (Wildman–Crippen LogP) is 7.36. The van der Waals surface area contributed by atoms with E-state index in [0.717, 1.165) is 49.2 Å². The first-order valence-electron chi connectivity index (χ1n) is 15.6. The maximum absolute atomic E-state index is 13.2. The van der Waals surface area contributed by atoms with E-state index in [9.17, 15) is 22.8 Å². The van der Waals surface area contributed by atoms with Crippen molar-refractivity contribution in [1.82, 2.24) is 24.4 Å². The first-order valence-corrected chi connectivity index (χ1v) is 15.6. The molecule has 2 aliphatic rings. The van der Waals surface area contributed by atoms with Crippen molar-refractivity contribution in [3.8, 4) is 0 Å². The summed E-state index contributed by atoms with van der Waals surface area (Å²) in [5.74, 6) is 0.498. The third-order valence-electron chi connectivity index (χ3n) is 8.42. The Morgan fingerprint density at radius 2 is 1.83 bits per heavy atom. The standard InChI is InChI=1S/C35H39F3N6O2/c1-3-4-5-7-25(2)24-26-14-20-43(21-15-26)33(46)28-9-11-29(12-10-28)39-34-40-32-30(8-6-19-44(32)41-34)27-16-22-42(23-17-27)31(45)13-18-35(36,37)38/h3-12,16,19,26H,1,13-15,17-18,20-24H2,2H3,(H,39,41)/b5-4-,25-7+. The number of benzene rings is 1. The van der Waals surface area contributed by atoms with Gasteiger partial charge in [0.25, 0.3) is 5.91 Å². The fourth-order valence-corrected chi connectivity index (χ4v) is 5.93. The number of hydrogen-bond acceptors (Lipinski definition) is 5. The van der Waals surface area contributed by atoms with Crippen LogP contribution in [0.15, 0.2) is 85.1 Å². The maximum atomic E-state index is 13.2. The number of rotatable bonds is 10. The number of fused-ring (bicyclic) bond motifs is 1. The zero-order valence-corrected chi connectivity index (χ0v) is 26.0. The van der Waals surface area contributed by atoms with Gasteiger partial charge in [0.05, 0.1) is 6.42 Å². The van der Waals surface area contributed by atoms with Gasteiger partial charge in [0.2, 0.25) is 11.9 Å². The Hall–Kier alpha value is -4.67. The van der Waals surface area contributed by atoms with Gasteiger partial charge in [-0.2, -0.15) is 18.2 Å². The van der Waals surface area contributed by atoms with Gasteiger partial charge in [-0.15, -0.1) is 5.10 Å². The third-order valence-corrected chi connectivity index (χ3v) is 8.42. The number of alkyl halides is 3. The lowest BCUT2D eigenvalue weighted by atomic mass is 9.90. The van der Waals surface area contributed by atoms with Crippen LogP contribution in [0, 0.1) is 5.92 Å². The highest BCUT2D eigenvalue weighted by Crippen LogP contribution is 2.29. The topological polar surface area (TPSA) is 82.8 Å². The lowest BCUT2D eigenvalue weighted by Crippen LogP contribution is -2.38. The minimum Gasteiger partial charge on any atom is -0.339 e. The molecule has 11 heteroatoms. The second kappa shape index (κ2) is 14.6. The minimum absolute atomic E-state index is 0.0306. The number of piperidine rings is 1. The van der Waals surface area contributed by atoms with Gasteiger partial charge in [-0.3, -0.25) is 9.59 Å². The van der Waals surface area contributed by atoms with Crippen LogP contribution in [0.5, 0.6) is 0 Å². The number of likely N-dealkylation sites (tertiary alicyclic amines) is 1. The molecule has 8 nitrogen and oxygen atoms in total. The van der Waals surface area contributed by atoms with E-state index < -0.39 is 24.9 Å². The molecule has 1 fully saturated rings. The molecular formula is C35H39F3N6O2. The molecule has 1 aromatic carbocycles. The zero-order chi connectivity index (χ0) is 32.7. The van der Waals surface area contributed by atoms with Crippen molar-refractivity contribution < 1.29 is 22.8 Å². The second-order valence-corrected chi connectivity index (χ2v) is 11.8. The van der Waals surface area contributed by atoms with Gasteiger partial charge in [0.15, 0.2) is 5.65 Å². The Balaban J connectivity index is 1.17. The number of nitrogens with zero attached hydrogens (tertiary/aromatic N) is 5. The van der Waals surface area contributed by atoms with E-state index in [1.165, 1.54) is 10.5 Å². The SMILES string of the molecule is C=C/C=C\C=C(/C)CC1CCN(C(=O)c2ccc(Nc3nc4c(C5=CCN(C(=O)CCC(F)(F)F)CC5)cccn4n3)cc2)CC1. The highest BCUT2D eigenvalue weighted by atomic mass is 19.4. The summed E-state index contributed by atoms with van der Waals surface area (Å²) in [5, 5.41) is 7.75. The van der Waals surface area contributed by atoms with Crippen molar-refractivity contribution in [2.75, 3.05) is 31.5 Å². The molecule has 0 atom stereocenters. The van der Waals surface area contributed by atoms with Crippen LogP contribution in [-0.2, 0) is 4.79 Å². The molecule has 242 valence electrons. The van der Waals surface area contributed by atoms with E-state index in [4.69, 9.17) is 0 Å². The average molecular weight is 633 g/mol. The first kappa shape index (κ1) is 32.7. The molecule has 2 amide bonds. The quantitative estimate of drug-likeness (QED) is 0.236. The van der Waals surface area contributed by atoms with E-state index in [-0.39, 0.29) is 12.5 Å². The van der Waals surface area contributed by atoms with Crippen molar-refractivity contribution in [3.63, 3.8) is 0 Å². The molecule has 2 aromatic heterocycles. The minimum atomic E-state index is -4.35. The lowest BCUT2D eigenvalue weighted by Gasteiger charge is -2.32. The fraction of sp³-hybridized carbons (Fsp3) is 0.371. The fourth-order valence-electron chi connectivity index (χ4n) is 5.93. The molecule has 2 aliphatic heterocycles. The van der Waals surface area contributed by atoms with Crippen LogP contribution in [0.25, 0.3) is 11.2 Å². The Bertz CT molecular complexity index is 1650. The van der Waals surface area contributed by atoms with Crippen LogP contribution in [0.2, 0.25) is 0 Å². The molecule has 5 rings (SSSR count). The summed E-state index contributed by atoms with van der Waals surface area (Å²) in [6.07, 6.45) is 8.98. The predicted molar refractivity (Wildman–Crippen MR) is 174 cm³/mol. The third kappa shape index (κ3) is 8.52. The summed E-state index contributed by atoms with van der Waals surface area (Å²) in [7, 11) is 0. The largest absolute Gasteiger partial charge is 0.389 e. The molecule has 1 N–H and O–H groups in total. The first-order chi connectivity index (χ1) is 22.1. The van der Waals surface area contributed by atoms with Crippen LogP contribution in [0.3, 0.4) is 0 Å². The summed E-state index contributed by atoms with van der Waals surface area (Å²) in [6, 6.07) is 11.1. The van der Waals surface area contributed by atoms with E-state index >= 15 is 0 Å². The summed E-state index contributed by atoms with van der Waals surface area (Å²) in [6.45, 7) is 7.92. The van der Waals surface area contributed by atoms with Crippen molar-refractivity contribution in [2.45, 2.75) is 51.6 Å². The van der Waals surface area contributed by atoms with Crippen LogP contribution < -0.4 is 5.32 Å². The van der Waals surface area contributed by atoms with Gasteiger partial charge in [-0.1, -0.05) is 42.5 Å². The number of allylic oxidation sites excluding steroid dienone is 5. The Morgan fingerprint density at radius 3 is 2.50 bits per heavy atom. The van der Waals surface area contributed by atoms with Gasteiger partial charge in [-0.05, 0) is 80.5 Å². The van der Waals surface area contributed by atoms with Crippen molar-refractivity contribution in [3.05, 3.63) is 96.3 Å². The van der Waals surface area contributed by atoms with Gasteiger partial charge in [0, 0.05) is 55.6 Å². The van der Waals surface area contributed by atoms with E-state index in [2.05, 4.69) is 35.0 Å². The lowest BCUT2D eigenvalue weighted by molar-refractivity contribution is -0.148. The molecule has 4 heterocycles. The molecule has 0 aliphatic carbocycles. The zero-order valence-electron chi connectivity index (χ0n) is 26.0. The normalized spacial score (nSPS) is 16.6. The van der Waals surface area contributed by atoms with Crippen molar-refractivity contribution in [1.29, 1.82) is 0 Å². The number of amides is 2. The summed E-state index contributed by atoms with van der Waals surface area (Å²) < 4.78 is 39.2. The number of pyridine rings is 1.